The maximum absolute atomic E-state index is 12.3. The standard InChI is InChI=1S/C15H19NO4S/c17-14(11-6-2-1-3-7-11)10-13-12-8-4-5-9-15(12)20-21(18,19)16-13/h1-3,6-7,12-13,15-16H,4-5,8-10H2/t12?,13-,15?/m0/s1. The van der Waals surface area contributed by atoms with Crippen LogP contribution in [0.3, 0.4) is 0 Å². The summed E-state index contributed by atoms with van der Waals surface area (Å²) in [5.74, 6) is 0.0597. The summed E-state index contributed by atoms with van der Waals surface area (Å²) in [7, 11) is -3.73. The van der Waals surface area contributed by atoms with Crippen LogP contribution in [0.1, 0.15) is 42.5 Å². The van der Waals surface area contributed by atoms with E-state index < -0.39 is 10.3 Å². The molecule has 0 radical (unpaired) electrons. The first-order chi connectivity index (χ1) is 10.1. The highest BCUT2D eigenvalue weighted by atomic mass is 32.2. The predicted octanol–water partition coefficient (Wildman–Crippen LogP) is 2.05. The van der Waals surface area contributed by atoms with E-state index in [1.54, 1.807) is 12.1 Å². The van der Waals surface area contributed by atoms with Crippen LogP contribution in [0.4, 0.5) is 0 Å². The third kappa shape index (κ3) is 3.33. The number of nitrogens with one attached hydrogen (secondary N) is 1. The number of benzene rings is 1. The zero-order valence-corrected chi connectivity index (χ0v) is 12.5. The lowest BCUT2D eigenvalue weighted by molar-refractivity contribution is 0.0511. The molecular formula is C15H19NO4S. The van der Waals surface area contributed by atoms with Crippen LogP contribution in [0.2, 0.25) is 0 Å². The van der Waals surface area contributed by atoms with Crippen LogP contribution in [0, 0.1) is 5.92 Å². The molecule has 1 saturated heterocycles. The molecule has 1 aromatic carbocycles. The van der Waals surface area contributed by atoms with Crippen molar-refractivity contribution in [3.63, 3.8) is 0 Å². The molecule has 2 fully saturated rings. The van der Waals surface area contributed by atoms with Crippen LogP contribution in [0.15, 0.2) is 30.3 Å². The summed E-state index contributed by atoms with van der Waals surface area (Å²) >= 11 is 0. The molecule has 114 valence electrons. The largest absolute Gasteiger partial charge is 0.336 e. The van der Waals surface area contributed by atoms with E-state index in [9.17, 15) is 13.2 Å². The summed E-state index contributed by atoms with van der Waals surface area (Å²) in [5.41, 5.74) is 0.621. The molecule has 0 bridgehead atoms. The molecule has 0 amide bonds. The third-order valence-corrected chi connectivity index (χ3v) is 5.41. The van der Waals surface area contributed by atoms with E-state index in [0.29, 0.717) is 5.56 Å². The first kappa shape index (κ1) is 14.7. The first-order valence-electron chi connectivity index (χ1n) is 7.34. The van der Waals surface area contributed by atoms with Gasteiger partial charge in [0.1, 0.15) is 0 Å². The lowest BCUT2D eigenvalue weighted by Crippen LogP contribution is -2.54. The number of rotatable bonds is 3. The lowest BCUT2D eigenvalue weighted by atomic mass is 9.80. The number of carbonyl (C=O) groups excluding carboxylic acids is 1. The van der Waals surface area contributed by atoms with Gasteiger partial charge in [0.05, 0.1) is 6.10 Å². The highest BCUT2D eigenvalue weighted by molar-refractivity contribution is 7.84. The molecule has 1 N–H and O–H groups in total. The van der Waals surface area contributed by atoms with Gasteiger partial charge in [-0.2, -0.15) is 13.1 Å². The highest BCUT2D eigenvalue weighted by Crippen LogP contribution is 2.35. The quantitative estimate of drug-likeness (QED) is 0.867. The minimum atomic E-state index is -3.73. The highest BCUT2D eigenvalue weighted by Gasteiger charge is 2.42. The molecule has 2 aliphatic rings. The Kier molecular flexibility index (Phi) is 4.10. The maximum Gasteiger partial charge on any atom is 0.336 e. The van der Waals surface area contributed by atoms with Crippen LogP contribution < -0.4 is 4.72 Å². The minimum Gasteiger partial charge on any atom is -0.294 e. The number of fused-ring (bicyclic) bond motifs is 1. The molecule has 3 atom stereocenters. The molecule has 21 heavy (non-hydrogen) atoms. The summed E-state index contributed by atoms with van der Waals surface area (Å²) in [6.45, 7) is 0. The third-order valence-electron chi connectivity index (χ3n) is 4.32. The van der Waals surface area contributed by atoms with Crippen LogP contribution >= 0.6 is 0 Å². The fourth-order valence-corrected chi connectivity index (χ4v) is 4.55. The lowest BCUT2D eigenvalue weighted by Gasteiger charge is -2.40. The summed E-state index contributed by atoms with van der Waals surface area (Å²) in [4.78, 5) is 12.3. The van der Waals surface area contributed by atoms with Crippen molar-refractivity contribution in [1.82, 2.24) is 4.72 Å². The Hall–Kier alpha value is -1.24. The molecule has 1 aromatic rings. The molecule has 5 nitrogen and oxygen atoms in total. The monoisotopic (exact) mass is 309 g/mol. The molecule has 0 spiro atoms. The van der Waals surface area contributed by atoms with Gasteiger partial charge < -0.3 is 0 Å². The minimum absolute atomic E-state index is 0.0328. The second-order valence-electron chi connectivity index (χ2n) is 5.75. The fourth-order valence-electron chi connectivity index (χ4n) is 3.30. The number of hydrogen-bond acceptors (Lipinski definition) is 4. The Morgan fingerprint density at radius 1 is 1.19 bits per heavy atom. The number of Topliss-reactive ketones (excluding diaryl/α,β-unsaturated/α-hetero) is 1. The van der Waals surface area contributed by atoms with Crippen molar-refractivity contribution in [2.24, 2.45) is 5.92 Å². The van der Waals surface area contributed by atoms with Gasteiger partial charge in [0.15, 0.2) is 5.78 Å². The molecule has 0 aromatic heterocycles. The predicted molar refractivity (Wildman–Crippen MR) is 78.1 cm³/mol. The molecule has 3 rings (SSSR count). The summed E-state index contributed by atoms with van der Waals surface area (Å²) in [5, 5.41) is 0. The van der Waals surface area contributed by atoms with Gasteiger partial charge in [0.2, 0.25) is 0 Å². The van der Waals surface area contributed by atoms with Gasteiger partial charge in [-0.25, -0.2) is 0 Å². The normalized spacial score (nSPS) is 31.3. The van der Waals surface area contributed by atoms with Crippen LogP contribution in [0.5, 0.6) is 0 Å². The van der Waals surface area contributed by atoms with E-state index in [2.05, 4.69) is 4.72 Å². The van der Waals surface area contributed by atoms with E-state index in [-0.39, 0.29) is 30.3 Å². The zero-order chi connectivity index (χ0) is 14.9. The molecule has 1 aliphatic heterocycles. The number of ketones is 1. The van der Waals surface area contributed by atoms with Gasteiger partial charge in [-0.1, -0.05) is 43.2 Å². The van der Waals surface area contributed by atoms with Crippen molar-refractivity contribution in [3.8, 4) is 0 Å². The van der Waals surface area contributed by atoms with E-state index in [0.717, 1.165) is 25.7 Å². The Balaban J connectivity index is 1.77. The van der Waals surface area contributed by atoms with Crippen molar-refractivity contribution in [1.29, 1.82) is 0 Å². The first-order valence-corrected chi connectivity index (χ1v) is 8.75. The van der Waals surface area contributed by atoms with Crippen molar-refractivity contribution < 1.29 is 17.4 Å². The van der Waals surface area contributed by atoms with Crippen molar-refractivity contribution in [2.45, 2.75) is 44.2 Å². The second kappa shape index (κ2) is 5.87. The van der Waals surface area contributed by atoms with Crippen molar-refractivity contribution >= 4 is 16.1 Å². The van der Waals surface area contributed by atoms with E-state index in [1.807, 2.05) is 18.2 Å². The zero-order valence-electron chi connectivity index (χ0n) is 11.7. The van der Waals surface area contributed by atoms with Gasteiger partial charge in [-0.15, -0.1) is 0 Å². The van der Waals surface area contributed by atoms with Crippen LogP contribution in [-0.4, -0.2) is 26.3 Å². The maximum atomic E-state index is 12.3. The molecular weight excluding hydrogens is 290 g/mol. The molecule has 1 saturated carbocycles. The van der Waals surface area contributed by atoms with Crippen LogP contribution in [-0.2, 0) is 14.5 Å². The number of carbonyl (C=O) groups is 1. The smallest absolute Gasteiger partial charge is 0.294 e. The van der Waals surface area contributed by atoms with Gasteiger partial charge >= 0.3 is 10.3 Å². The van der Waals surface area contributed by atoms with Gasteiger partial charge in [0, 0.05) is 23.9 Å². The molecule has 6 heteroatoms. The molecule has 1 heterocycles. The Morgan fingerprint density at radius 3 is 2.67 bits per heavy atom. The summed E-state index contributed by atoms with van der Waals surface area (Å²) in [6.07, 6.45) is 3.60. The van der Waals surface area contributed by atoms with E-state index >= 15 is 0 Å². The summed E-state index contributed by atoms with van der Waals surface area (Å²) < 4.78 is 31.2. The Labute approximate surface area is 124 Å². The summed E-state index contributed by atoms with van der Waals surface area (Å²) in [6, 6.07) is 8.63. The van der Waals surface area contributed by atoms with Gasteiger partial charge in [-0.05, 0) is 12.8 Å². The SMILES string of the molecule is O=C(C[C@@H]1NS(=O)(=O)OC2CCCCC21)c1ccccc1. The van der Waals surface area contributed by atoms with Gasteiger partial charge in [-0.3, -0.25) is 8.98 Å². The average Bonchev–Trinajstić information content (AvgIpc) is 2.47. The second-order valence-corrected chi connectivity index (χ2v) is 7.09. The molecule has 1 aliphatic carbocycles. The Bertz CT molecular complexity index is 614. The van der Waals surface area contributed by atoms with E-state index in [4.69, 9.17) is 4.18 Å². The number of hydrogen-bond donors (Lipinski definition) is 1. The van der Waals surface area contributed by atoms with Crippen molar-refractivity contribution in [3.05, 3.63) is 35.9 Å². The Morgan fingerprint density at radius 2 is 1.90 bits per heavy atom. The topological polar surface area (TPSA) is 72.5 Å². The molecule has 2 unspecified atom stereocenters. The van der Waals surface area contributed by atoms with E-state index in [1.165, 1.54) is 0 Å². The van der Waals surface area contributed by atoms with Crippen molar-refractivity contribution in [2.75, 3.05) is 0 Å². The fraction of sp³-hybridized carbons (Fsp3) is 0.533. The van der Waals surface area contributed by atoms with Gasteiger partial charge in [0.25, 0.3) is 0 Å². The average molecular weight is 309 g/mol. The van der Waals surface area contributed by atoms with Crippen LogP contribution in [0.25, 0.3) is 0 Å².